The van der Waals surface area contributed by atoms with Gasteiger partial charge in [0.05, 0.1) is 19.5 Å². The zero-order chi connectivity index (χ0) is 22.0. The van der Waals surface area contributed by atoms with E-state index in [4.69, 9.17) is 4.74 Å². The molecule has 178 valence electrons. The van der Waals surface area contributed by atoms with Crippen LogP contribution in [-0.2, 0) is 9.53 Å². The van der Waals surface area contributed by atoms with E-state index in [1.54, 1.807) is 6.26 Å². The van der Waals surface area contributed by atoms with Gasteiger partial charge in [-0.2, -0.15) is 4.58 Å². The zero-order valence-electron chi connectivity index (χ0n) is 20.5. The molecular weight excluding hydrogens is 384 g/mol. The van der Waals surface area contributed by atoms with Crippen molar-refractivity contribution in [3.63, 3.8) is 0 Å². The van der Waals surface area contributed by atoms with Gasteiger partial charge in [0.25, 0.3) is 6.67 Å². The summed E-state index contributed by atoms with van der Waals surface area (Å²) in [6, 6.07) is 0. The van der Waals surface area contributed by atoms with Crippen molar-refractivity contribution in [2.24, 2.45) is 0 Å². The molecule has 2 rings (SSSR count). The van der Waals surface area contributed by atoms with E-state index in [-0.39, 0.29) is 0 Å². The van der Waals surface area contributed by atoms with Crippen molar-refractivity contribution in [1.82, 2.24) is 0 Å². The summed E-state index contributed by atoms with van der Waals surface area (Å²) in [4.78, 5) is 12.6. The fourth-order valence-electron chi connectivity index (χ4n) is 5.11. The third kappa shape index (κ3) is 10.8. The summed E-state index contributed by atoms with van der Waals surface area (Å²) in [5, 5.41) is 0. The van der Waals surface area contributed by atoms with Crippen LogP contribution in [0.15, 0.2) is 12.5 Å². The Morgan fingerprint density at radius 1 is 0.839 bits per heavy atom. The lowest BCUT2D eigenvalue weighted by Crippen LogP contribution is -2.53. The van der Waals surface area contributed by atoms with Gasteiger partial charge in [-0.15, -0.1) is 0 Å². The fourth-order valence-corrected chi connectivity index (χ4v) is 5.11. The highest BCUT2D eigenvalue weighted by Crippen LogP contribution is 2.23. The van der Waals surface area contributed by atoms with Crippen molar-refractivity contribution in [2.75, 3.05) is 26.4 Å². The van der Waals surface area contributed by atoms with Crippen molar-refractivity contribution in [3.8, 4) is 0 Å². The monoisotopic (exact) mass is 434 g/mol. The zero-order valence-corrected chi connectivity index (χ0v) is 20.5. The molecule has 0 aliphatic carbocycles. The van der Waals surface area contributed by atoms with Gasteiger partial charge in [0, 0.05) is 6.42 Å². The maximum absolute atomic E-state index is 12.6. The quantitative estimate of drug-likeness (QED) is 0.125. The number of nitrogens with zero attached hydrogens (tertiary/aromatic N) is 2. The third-order valence-electron chi connectivity index (χ3n) is 7.13. The van der Waals surface area contributed by atoms with Gasteiger partial charge in [-0.1, -0.05) is 96.8 Å². The van der Waals surface area contributed by atoms with E-state index in [9.17, 15) is 4.79 Å². The van der Waals surface area contributed by atoms with Gasteiger partial charge in [0.2, 0.25) is 6.20 Å². The lowest BCUT2D eigenvalue weighted by Gasteiger charge is -2.28. The van der Waals surface area contributed by atoms with E-state index in [0.717, 1.165) is 32.6 Å². The number of likely N-dealkylation sites (tertiary alicyclic amines) is 1. The molecule has 0 radical (unpaired) electrons. The van der Waals surface area contributed by atoms with E-state index >= 15 is 0 Å². The number of carbonyl (C=O) groups is 1. The number of rotatable bonds is 19. The number of ether oxygens (including phenoxy) is 1. The smallest absolute Gasteiger partial charge is 0.319 e. The molecule has 4 nitrogen and oxygen atoms in total. The summed E-state index contributed by atoms with van der Waals surface area (Å²) < 4.78 is 8.05. The highest BCUT2D eigenvalue weighted by Gasteiger charge is 2.44. The van der Waals surface area contributed by atoms with E-state index in [0.29, 0.717) is 17.0 Å². The van der Waals surface area contributed by atoms with Gasteiger partial charge in [-0.25, -0.2) is 9.28 Å². The number of hydrogen-bond acceptors (Lipinski definition) is 2. The van der Waals surface area contributed by atoms with Gasteiger partial charge in [-0.05, 0) is 12.8 Å². The molecule has 31 heavy (non-hydrogen) atoms. The van der Waals surface area contributed by atoms with Gasteiger partial charge >= 0.3 is 5.91 Å². The maximum Gasteiger partial charge on any atom is 0.319 e. The minimum Gasteiger partial charge on any atom is -0.485 e. The minimum absolute atomic E-state index is 0.439. The van der Waals surface area contributed by atoms with E-state index in [1.807, 2.05) is 6.20 Å². The molecule has 0 aromatic rings. The topological polar surface area (TPSA) is 29.3 Å². The number of unbranched alkanes of at least 4 members (excludes halogenated alkanes) is 15. The number of quaternary nitrogens is 1. The molecule has 1 fully saturated rings. The largest absolute Gasteiger partial charge is 0.485 e. The van der Waals surface area contributed by atoms with Crippen LogP contribution < -0.4 is 0 Å². The summed E-state index contributed by atoms with van der Waals surface area (Å²) in [7, 11) is 0. The molecular formula is C27H50N2O2+2. The van der Waals surface area contributed by atoms with Crippen LogP contribution in [0.3, 0.4) is 0 Å². The first-order valence-electron chi connectivity index (χ1n) is 13.5. The Morgan fingerprint density at radius 2 is 1.39 bits per heavy atom. The number of amides is 1. The molecule has 1 amide bonds. The van der Waals surface area contributed by atoms with Crippen LogP contribution >= 0.6 is 0 Å². The van der Waals surface area contributed by atoms with Gasteiger partial charge in [-0.3, -0.25) is 0 Å². The molecule has 0 aromatic heterocycles. The highest BCUT2D eigenvalue weighted by molar-refractivity contribution is 5.70. The van der Waals surface area contributed by atoms with Crippen LogP contribution in [0.4, 0.5) is 0 Å². The van der Waals surface area contributed by atoms with E-state index < -0.39 is 0 Å². The molecule has 1 saturated heterocycles. The summed E-state index contributed by atoms with van der Waals surface area (Å²) in [6.45, 7) is 5.71. The molecule has 4 heteroatoms. The Labute approximate surface area is 192 Å². The van der Waals surface area contributed by atoms with Crippen molar-refractivity contribution in [3.05, 3.63) is 12.5 Å². The average molecular weight is 435 g/mol. The van der Waals surface area contributed by atoms with Gasteiger partial charge in [0.15, 0.2) is 12.8 Å². The first-order chi connectivity index (χ1) is 15.3. The first kappa shape index (κ1) is 26.1. The van der Waals surface area contributed by atoms with E-state index in [2.05, 4.69) is 17.7 Å². The summed E-state index contributed by atoms with van der Waals surface area (Å²) in [6.07, 6.45) is 29.8. The molecule has 1 atom stereocenters. The Bertz CT molecular complexity index is 543. The fraction of sp³-hybridized carbons (Fsp3) is 0.852. The van der Waals surface area contributed by atoms with E-state index in [1.165, 1.54) is 103 Å². The SMILES string of the molecule is CCCCCCCCCCCCCCCCCC[N+]1(C[N+]2=CCOC=C2)CCCC1=O. The second-order valence-electron chi connectivity index (χ2n) is 9.85. The Balaban J connectivity index is 1.43. The van der Waals surface area contributed by atoms with Crippen molar-refractivity contribution in [1.29, 1.82) is 0 Å². The predicted molar refractivity (Wildman–Crippen MR) is 130 cm³/mol. The number of hydrogen-bond donors (Lipinski definition) is 0. The third-order valence-corrected chi connectivity index (χ3v) is 7.13. The summed E-state index contributed by atoms with van der Waals surface area (Å²) in [5.74, 6) is 0.439. The van der Waals surface area contributed by atoms with Crippen molar-refractivity contribution in [2.45, 2.75) is 122 Å². The van der Waals surface area contributed by atoms with Crippen LogP contribution in [0, 0.1) is 0 Å². The van der Waals surface area contributed by atoms with Gasteiger partial charge in [0.1, 0.15) is 6.26 Å². The Hall–Kier alpha value is -1.16. The predicted octanol–water partition coefficient (Wildman–Crippen LogP) is 6.93. The van der Waals surface area contributed by atoms with Crippen LogP contribution in [-0.4, -0.2) is 47.5 Å². The van der Waals surface area contributed by atoms with Gasteiger partial charge < -0.3 is 4.74 Å². The summed E-state index contributed by atoms with van der Waals surface area (Å²) >= 11 is 0. The molecule has 2 aliphatic rings. The highest BCUT2D eigenvalue weighted by atomic mass is 16.5. The molecule has 2 heterocycles. The Kier molecular flexibility index (Phi) is 13.9. The maximum atomic E-state index is 12.6. The second kappa shape index (κ2) is 16.5. The molecule has 2 aliphatic heterocycles. The minimum atomic E-state index is 0.439. The molecule has 1 unspecified atom stereocenters. The summed E-state index contributed by atoms with van der Waals surface area (Å²) in [5.41, 5.74) is 0. The first-order valence-corrected chi connectivity index (χ1v) is 13.5. The average Bonchev–Trinajstić information content (AvgIpc) is 3.14. The Morgan fingerprint density at radius 3 is 1.84 bits per heavy atom. The van der Waals surface area contributed by atoms with Crippen molar-refractivity contribution >= 4 is 12.1 Å². The lowest BCUT2D eigenvalue weighted by molar-refractivity contribution is -0.920. The standard InChI is InChI=1S/C27H50N2O2/c1-2-3-4-5-6-7-8-9-10-11-12-13-14-15-16-17-22-29(23-18-19-27(29)30)26-28-20-24-31-25-21-28/h20-21,24H,2-19,22-23,25-26H2,1H3/q+2. The molecule has 0 spiro atoms. The van der Waals surface area contributed by atoms with Crippen LogP contribution in [0.25, 0.3) is 0 Å². The van der Waals surface area contributed by atoms with Crippen LogP contribution in [0.5, 0.6) is 0 Å². The molecule has 0 N–H and O–H groups in total. The van der Waals surface area contributed by atoms with Crippen LogP contribution in [0.1, 0.15) is 122 Å². The molecule has 0 bridgehead atoms. The molecule has 0 saturated carbocycles. The second-order valence-corrected chi connectivity index (χ2v) is 9.85. The number of carbonyl (C=O) groups excluding carboxylic acids is 1. The lowest BCUT2D eigenvalue weighted by atomic mass is 10.0. The normalized spacial score (nSPS) is 20.8. The van der Waals surface area contributed by atoms with Crippen LogP contribution in [0.2, 0.25) is 0 Å². The van der Waals surface area contributed by atoms with Crippen molar-refractivity contribution < 1.29 is 18.6 Å². The molecule has 0 aromatic carbocycles.